The second kappa shape index (κ2) is 10.6. The third-order valence-electron chi connectivity index (χ3n) is 6.46. The molecule has 2 aromatic rings. The van der Waals surface area contributed by atoms with Crippen molar-refractivity contribution in [3.63, 3.8) is 0 Å². The molecule has 0 bridgehead atoms. The molecule has 0 aliphatic carbocycles. The summed E-state index contributed by atoms with van der Waals surface area (Å²) in [6.07, 6.45) is -1.74. The van der Waals surface area contributed by atoms with Crippen molar-refractivity contribution in [1.82, 2.24) is 4.72 Å². The van der Waals surface area contributed by atoms with E-state index in [9.17, 15) is 29.0 Å². The standard InChI is InChI=1S/C24H29N3O7S/c25-13-19(35(32,33)26-21-23(30)22(29)20(14-28)34-24(21)31)11-15-4-5-17-12-18(7-6-16(17)10-15)27-8-2-1-3-9-27/h4-7,10-12,20-24,26,28-31H,1-3,8-9,14H2. The van der Waals surface area contributed by atoms with Crippen LogP contribution in [0.4, 0.5) is 5.69 Å². The topological polar surface area (TPSA) is 163 Å². The normalized spacial score (nSPS) is 28.1. The van der Waals surface area contributed by atoms with Crippen LogP contribution in [0.15, 0.2) is 41.3 Å². The fraction of sp³-hybridized carbons (Fsp3) is 0.458. The van der Waals surface area contributed by atoms with Gasteiger partial charge in [-0.15, -0.1) is 0 Å². The molecule has 5 unspecified atom stereocenters. The number of aliphatic hydroxyl groups excluding tert-OH is 4. The Morgan fingerprint density at radius 1 is 1.09 bits per heavy atom. The molecular formula is C24H29N3O7S. The van der Waals surface area contributed by atoms with Gasteiger partial charge in [-0.2, -0.15) is 9.98 Å². The Bertz CT molecular complexity index is 1240. The van der Waals surface area contributed by atoms with Gasteiger partial charge in [0.05, 0.1) is 6.61 Å². The number of benzene rings is 2. The van der Waals surface area contributed by atoms with Gasteiger partial charge in [0.1, 0.15) is 30.4 Å². The first-order valence-electron chi connectivity index (χ1n) is 11.5. The lowest BCUT2D eigenvalue weighted by Gasteiger charge is -2.40. The van der Waals surface area contributed by atoms with Crippen LogP contribution >= 0.6 is 0 Å². The molecule has 0 aromatic heterocycles. The van der Waals surface area contributed by atoms with Crippen LogP contribution in [-0.2, 0) is 14.8 Å². The van der Waals surface area contributed by atoms with Crippen LogP contribution < -0.4 is 9.62 Å². The van der Waals surface area contributed by atoms with Crippen molar-refractivity contribution in [2.75, 3.05) is 24.6 Å². The number of nitrogens with one attached hydrogen (secondary N) is 1. The molecule has 10 nitrogen and oxygen atoms in total. The maximum absolute atomic E-state index is 12.9. The third-order valence-corrected chi connectivity index (χ3v) is 7.83. The van der Waals surface area contributed by atoms with Gasteiger partial charge in [0.2, 0.25) is 0 Å². The summed E-state index contributed by atoms with van der Waals surface area (Å²) in [4.78, 5) is 1.71. The van der Waals surface area contributed by atoms with E-state index in [1.54, 1.807) is 18.2 Å². The Hall–Kier alpha value is -2.56. The molecule has 5 N–H and O–H groups in total. The number of anilines is 1. The lowest BCUT2D eigenvalue weighted by Crippen LogP contribution is -2.64. The minimum Gasteiger partial charge on any atom is -0.394 e. The van der Waals surface area contributed by atoms with Crippen molar-refractivity contribution in [3.05, 3.63) is 46.9 Å². The monoisotopic (exact) mass is 503 g/mol. The first kappa shape index (κ1) is 25.5. The minimum absolute atomic E-state index is 0.478. The van der Waals surface area contributed by atoms with Gasteiger partial charge in [-0.3, -0.25) is 0 Å². The number of nitrogens with zero attached hydrogens (tertiary/aromatic N) is 2. The maximum atomic E-state index is 12.9. The second-order valence-corrected chi connectivity index (χ2v) is 10.5. The summed E-state index contributed by atoms with van der Waals surface area (Å²) in [5.74, 6) is 0. The van der Waals surface area contributed by atoms with Crippen molar-refractivity contribution >= 4 is 32.6 Å². The summed E-state index contributed by atoms with van der Waals surface area (Å²) >= 11 is 0. The third kappa shape index (κ3) is 5.49. The van der Waals surface area contributed by atoms with Crippen LogP contribution in [0.25, 0.3) is 16.8 Å². The predicted molar refractivity (Wildman–Crippen MR) is 129 cm³/mol. The van der Waals surface area contributed by atoms with Crippen LogP contribution in [0.2, 0.25) is 0 Å². The smallest absolute Gasteiger partial charge is 0.251 e. The van der Waals surface area contributed by atoms with Gasteiger partial charge in [0.25, 0.3) is 10.0 Å². The van der Waals surface area contributed by atoms with Crippen molar-refractivity contribution < 1.29 is 33.6 Å². The van der Waals surface area contributed by atoms with E-state index in [0.717, 1.165) is 29.5 Å². The molecule has 5 atom stereocenters. The van der Waals surface area contributed by atoms with E-state index in [1.165, 1.54) is 25.3 Å². The molecule has 0 saturated carbocycles. The summed E-state index contributed by atoms with van der Waals surface area (Å²) in [5.41, 5.74) is 1.62. The number of sulfonamides is 1. The Balaban J connectivity index is 1.56. The molecule has 2 heterocycles. The number of piperidine rings is 1. The van der Waals surface area contributed by atoms with E-state index in [2.05, 4.69) is 11.0 Å². The number of nitriles is 1. The number of ether oxygens (including phenoxy) is 1. The number of fused-ring (bicyclic) bond motifs is 1. The Kier molecular flexibility index (Phi) is 7.73. The van der Waals surface area contributed by atoms with Crippen molar-refractivity contribution in [3.8, 4) is 6.07 Å². The van der Waals surface area contributed by atoms with Crippen molar-refractivity contribution in [2.45, 2.75) is 49.9 Å². The first-order valence-corrected chi connectivity index (χ1v) is 13.0. The van der Waals surface area contributed by atoms with Crippen molar-refractivity contribution in [2.24, 2.45) is 0 Å². The van der Waals surface area contributed by atoms with Gasteiger partial charge < -0.3 is 30.1 Å². The molecule has 35 heavy (non-hydrogen) atoms. The van der Waals surface area contributed by atoms with Gasteiger partial charge in [-0.1, -0.05) is 18.2 Å². The summed E-state index contributed by atoms with van der Waals surface area (Å²) < 4.78 is 32.7. The predicted octanol–water partition coefficient (Wildman–Crippen LogP) is 0.414. The van der Waals surface area contributed by atoms with Gasteiger partial charge in [-0.25, -0.2) is 8.42 Å². The summed E-state index contributed by atoms with van der Waals surface area (Å²) in [7, 11) is -4.49. The van der Waals surface area contributed by atoms with Crippen LogP contribution in [0.3, 0.4) is 0 Å². The maximum Gasteiger partial charge on any atom is 0.251 e. The molecule has 0 amide bonds. The Labute approximate surface area is 203 Å². The molecular weight excluding hydrogens is 474 g/mol. The highest BCUT2D eigenvalue weighted by molar-refractivity contribution is 7.93. The summed E-state index contributed by atoms with van der Waals surface area (Å²) in [6.45, 7) is 1.37. The highest BCUT2D eigenvalue weighted by Crippen LogP contribution is 2.27. The molecule has 188 valence electrons. The highest BCUT2D eigenvalue weighted by Gasteiger charge is 2.45. The van der Waals surface area contributed by atoms with E-state index in [-0.39, 0.29) is 0 Å². The fourth-order valence-electron chi connectivity index (χ4n) is 4.48. The quantitative estimate of drug-likeness (QED) is 0.351. The van der Waals surface area contributed by atoms with Crippen LogP contribution in [0, 0.1) is 11.3 Å². The second-order valence-electron chi connectivity index (χ2n) is 8.83. The van der Waals surface area contributed by atoms with Gasteiger partial charge in [-0.05, 0) is 59.9 Å². The fourth-order valence-corrected chi connectivity index (χ4v) is 5.63. The number of allylic oxidation sites excluding steroid dienone is 1. The Morgan fingerprint density at radius 2 is 1.77 bits per heavy atom. The van der Waals surface area contributed by atoms with E-state index in [4.69, 9.17) is 9.84 Å². The number of rotatable bonds is 6. The van der Waals surface area contributed by atoms with Gasteiger partial charge in [0.15, 0.2) is 11.2 Å². The average molecular weight is 504 g/mol. The number of aliphatic hydroxyl groups is 4. The Morgan fingerprint density at radius 3 is 2.46 bits per heavy atom. The minimum atomic E-state index is -4.49. The van der Waals surface area contributed by atoms with Crippen LogP contribution in [0.1, 0.15) is 24.8 Å². The SMILES string of the molecule is N#CC(=Cc1ccc2cc(N3CCCCC3)ccc2c1)S(=O)(=O)NC1C(O)OC(CO)C(O)C1O. The number of hydrogen-bond acceptors (Lipinski definition) is 9. The zero-order valence-corrected chi connectivity index (χ0v) is 19.8. The molecule has 0 radical (unpaired) electrons. The average Bonchev–Trinajstić information content (AvgIpc) is 2.87. The lowest BCUT2D eigenvalue weighted by atomic mass is 9.98. The largest absolute Gasteiger partial charge is 0.394 e. The first-order chi connectivity index (χ1) is 16.7. The molecule has 11 heteroatoms. The zero-order valence-electron chi connectivity index (χ0n) is 19.0. The summed E-state index contributed by atoms with van der Waals surface area (Å²) in [5, 5.41) is 50.8. The summed E-state index contributed by atoms with van der Waals surface area (Å²) in [6, 6.07) is 11.4. The van der Waals surface area contributed by atoms with E-state index in [1.807, 2.05) is 22.9 Å². The zero-order chi connectivity index (χ0) is 25.2. The van der Waals surface area contributed by atoms with Crippen LogP contribution in [-0.4, -0.2) is 79.2 Å². The molecule has 2 aliphatic heterocycles. The van der Waals surface area contributed by atoms with Gasteiger partial charge in [0, 0.05) is 18.8 Å². The van der Waals surface area contributed by atoms with Crippen molar-refractivity contribution in [1.29, 1.82) is 5.26 Å². The van der Waals surface area contributed by atoms with Gasteiger partial charge >= 0.3 is 0 Å². The van der Waals surface area contributed by atoms with E-state index < -0.39 is 52.2 Å². The molecule has 2 aliphatic rings. The molecule has 2 fully saturated rings. The lowest BCUT2D eigenvalue weighted by molar-refractivity contribution is -0.251. The highest BCUT2D eigenvalue weighted by atomic mass is 32.2. The molecule has 0 spiro atoms. The van der Waals surface area contributed by atoms with Crippen LogP contribution in [0.5, 0.6) is 0 Å². The molecule has 2 saturated heterocycles. The van der Waals surface area contributed by atoms with E-state index in [0.29, 0.717) is 5.56 Å². The molecule has 4 rings (SSSR count). The van der Waals surface area contributed by atoms with E-state index >= 15 is 0 Å². The molecule has 2 aromatic carbocycles. The number of hydrogen-bond donors (Lipinski definition) is 5.